The van der Waals surface area contributed by atoms with Crippen LogP contribution in [0.3, 0.4) is 0 Å². The lowest BCUT2D eigenvalue weighted by Gasteiger charge is -2.34. The first-order valence-electron chi connectivity index (χ1n) is 8.22. The normalized spacial score (nSPS) is 16.0. The molecular weight excluding hydrogens is 404 g/mol. The number of carbonyl (C=O) groups excluding carboxylic acids is 1. The predicted octanol–water partition coefficient (Wildman–Crippen LogP) is 3.70. The van der Waals surface area contributed by atoms with Crippen molar-refractivity contribution in [3.05, 3.63) is 51.3 Å². The van der Waals surface area contributed by atoms with E-state index in [9.17, 15) is 18.0 Å². The highest BCUT2D eigenvalue weighted by Gasteiger charge is 2.40. The molecule has 0 atom stereocenters. The third kappa shape index (κ3) is 4.39. The fraction of sp³-hybridized carbons (Fsp3) is 0.412. The summed E-state index contributed by atoms with van der Waals surface area (Å²) in [6, 6.07) is 7.53. The quantitative estimate of drug-likeness (QED) is 0.759. The number of carbonyl (C=O) groups is 1. The molecule has 5 nitrogen and oxygen atoms in total. The van der Waals surface area contributed by atoms with Crippen LogP contribution >= 0.6 is 23.2 Å². The molecule has 27 heavy (non-hydrogen) atoms. The number of hydrogen-bond donors (Lipinski definition) is 0. The lowest BCUT2D eigenvalue weighted by Crippen LogP contribution is -2.48. The summed E-state index contributed by atoms with van der Waals surface area (Å²) in [5.74, 6) is -0.548. The van der Waals surface area contributed by atoms with E-state index in [-0.39, 0.29) is 5.69 Å². The van der Waals surface area contributed by atoms with Crippen molar-refractivity contribution >= 4 is 29.1 Å². The first-order chi connectivity index (χ1) is 12.7. The molecule has 1 aliphatic heterocycles. The number of aryl methyl sites for hydroxylation is 1. The first kappa shape index (κ1) is 20.0. The van der Waals surface area contributed by atoms with Gasteiger partial charge in [-0.3, -0.25) is 14.4 Å². The second-order valence-corrected chi connectivity index (χ2v) is 7.15. The largest absolute Gasteiger partial charge is 0.436 e. The second kappa shape index (κ2) is 7.69. The van der Waals surface area contributed by atoms with E-state index in [1.807, 2.05) is 18.2 Å². The predicted molar refractivity (Wildman–Crippen MR) is 95.9 cm³/mol. The molecule has 0 spiro atoms. The van der Waals surface area contributed by atoms with E-state index >= 15 is 0 Å². The molecule has 1 aromatic carbocycles. The molecule has 1 aromatic heterocycles. The molecule has 0 unspecified atom stereocenters. The molecule has 10 heteroatoms. The van der Waals surface area contributed by atoms with Gasteiger partial charge in [0.1, 0.15) is 10.7 Å². The minimum Gasteiger partial charge on any atom is -0.335 e. The van der Waals surface area contributed by atoms with Crippen LogP contribution in [0, 0.1) is 0 Å². The van der Waals surface area contributed by atoms with Gasteiger partial charge in [0.25, 0.3) is 5.91 Å². The Hall–Kier alpha value is -1.77. The molecule has 0 saturated carbocycles. The van der Waals surface area contributed by atoms with E-state index in [0.717, 1.165) is 10.2 Å². The lowest BCUT2D eigenvalue weighted by molar-refractivity contribution is -0.141. The van der Waals surface area contributed by atoms with Gasteiger partial charge in [-0.25, -0.2) is 0 Å². The maximum Gasteiger partial charge on any atom is 0.436 e. The van der Waals surface area contributed by atoms with Crippen molar-refractivity contribution in [2.75, 3.05) is 26.2 Å². The summed E-state index contributed by atoms with van der Waals surface area (Å²) in [7, 11) is 1.28. The number of aromatic nitrogens is 2. The molecule has 146 valence electrons. The van der Waals surface area contributed by atoms with E-state index in [1.54, 1.807) is 6.07 Å². The molecule has 2 aromatic rings. The second-order valence-electron chi connectivity index (χ2n) is 6.33. The van der Waals surface area contributed by atoms with Crippen LogP contribution in [-0.4, -0.2) is 51.7 Å². The van der Waals surface area contributed by atoms with Crippen LogP contribution in [0.2, 0.25) is 10.0 Å². The van der Waals surface area contributed by atoms with E-state index < -0.39 is 22.8 Å². The van der Waals surface area contributed by atoms with E-state index in [1.165, 1.54) is 11.9 Å². The highest BCUT2D eigenvalue weighted by atomic mass is 35.5. The third-order valence-corrected chi connectivity index (χ3v) is 5.01. The molecule has 0 N–H and O–H groups in total. The summed E-state index contributed by atoms with van der Waals surface area (Å²) in [4.78, 5) is 16.3. The van der Waals surface area contributed by atoms with Crippen molar-refractivity contribution in [3.8, 4) is 0 Å². The number of nitrogens with zero attached hydrogens (tertiary/aromatic N) is 4. The Kier molecular flexibility index (Phi) is 5.69. The Balaban J connectivity index is 1.66. The Morgan fingerprint density at radius 2 is 1.85 bits per heavy atom. The minimum atomic E-state index is -4.71. The van der Waals surface area contributed by atoms with Gasteiger partial charge in [0.15, 0.2) is 5.69 Å². The fourth-order valence-electron chi connectivity index (χ4n) is 3.06. The van der Waals surface area contributed by atoms with Gasteiger partial charge in [-0.15, -0.1) is 0 Å². The van der Waals surface area contributed by atoms with Crippen LogP contribution in [-0.2, 0) is 19.8 Å². The summed E-state index contributed by atoms with van der Waals surface area (Å²) in [6.07, 6.45) is -4.71. The van der Waals surface area contributed by atoms with Gasteiger partial charge in [-0.2, -0.15) is 18.3 Å². The molecule has 0 aliphatic carbocycles. The van der Waals surface area contributed by atoms with Crippen molar-refractivity contribution in [1.29, 1.82) is 0 Å². The smallest absolute Gasteiger partial charge is 0.335 e. The van der Waals surface area contributed by atoms with Gasteiger partial charge in [-0.05, 0) is 17.7 Å². The SMILES string of the molecule is Cn1nc(C(F)(F)F)c(Cl)c1C(=O)N1CCN(Cc2cccc(Cl)c2)CC1. The number of halogens is 5. The monoisotopic (exact) mass is 420 g/mol. The zero-order valence-electron chi connectivity index (χ0n) is 14.4. The molecule has 1 saturated heterocycles. The fourth-order valence-corrected chi connectivity index (χ4v) is 3.62. The number of piperazine rings is 1. The van der Waals surface area contributed by atoms with Crippen LogP contribution in [0.25, 0.3) is 0 Å². The Morgan fingerprint density at radius 3 is 2.41 bits per heavy atom. The summed E-state index contributed by atoms with van der Waals surface area (Å²) in [6.45, 7) is 2.66. The number of benzene rings is 1. The minimum absolute atomic E-state index is 0.243. The molecule has 3 rings (SSSR count). The maximum atomic E-state index is 12.9. The molecule has 1 aliphatic rings. The van der Waals surface area contributed by atoms with Gasteiger partial charge in [0.2, 0.25) is 0 Å². The summed E-state index contributed by atoms with van der Waals surface area (Å²) in [5, 5.41) is 3.37. The summed E-state index contributed by atoms with van der Waals surface area (Å²) < 4.78 is 39.7. The number of rotatable bonds is 3. The van der Waals surface area contributed by atoms with Crippen molar-refractivity contribution in [1.82, 2.24) is 19.6 Å². The number of hydrogen-bond acceptors (Lipinski definition) is 3. The van der Waals surface area contributed by atoms with Crippen LogP contribution in [0.5, 0.6) is 0 Å². The van der Waals surface area contributed by atoms with Gasteiger partial charge in [0, 0.05) is 44.8 Å². The molecule has 2 heterocycles. The molecular formula is C17H17Cl2F3N4O. The Labute approximate surface area is 164 Å². The Bertz CT molecular complexity index is 845. The van der Waals surface area contributed by atoms with Crippen LogP contribution in [0.4, 0.5) is 13.2 Å². The molecule has 1 amide bonds. The first-order valence-corrected chi connectivity index (χ1v) is 8.98. The average molecular weight is 421 g/mol. The van der Waals surface area contributed by atoms with Crippen molar-refractivity contribution in [2.24, 2.45) is 7.05 Å². The van der Waals surface area contributed by atoms with Crippen molar-refractivity contribution in [3.63, 3.8) is 0 Å². The third-order valence-electron chi connectivity index (χ3n) is 4.42. The average Bonchev–Trinajstić information content (AvgIpc) is 2.90. The van der Waals surface area contributed by atoms with Crippen LogP contribution < -0.4 is 0 Å². The molecule has 0 bridgehead atoms. The van der Waals surface area contributed by atoms with E-state index in [0.29, 0.717) is 37.7 Å². The number of amides is 1. The van der Waals surface area contributed by atoms with Crippen LogP contribution in [0.15, 0.2) is 24.3 Å². The molecule has 0 radical (unpaired) electrons. The van der Waals surface area contributed by atoms with E-state index in [4.69, 9.17) is 23.2 Å². The maximum absolute atomic E-state index is 12.9. The van der Waals surface area contributed by atoms with Gasteiger partial charge in [0.05, 0.1) is 0 Å². The summed E-state index contributed by atoms with van der Waals surface area (Å²) in [5.41, 5.74) is -0.423. The molecule has 1 fully saturated rings. The zero-order chi connectivity index (χ0) is 19.8. The topological polar surface area (TPSA) is 41.4 Å². The van der Waals surface area contributed by atoms with Gasteiger partial charge < -0.3 is 4.90 Å². The standard InChI is InChI=1S/C17H17Cl2F3N4O/c1-24-14(13(19)15(23-24)17(20,21)22)16(27)26-7-5-25(6-8-26)10-11-3-2-4-12(18)9-11/h2-4,9H,5-8,10H2,1H3. The van der Waals surface area contributed by atoms with Crippen molar-refractivity contribution < 1.29 is 18.0 Å². The highest BCUT2D eigenvalue weighted by molar-refractivity contribution is 6.34. The van der Waals surface area contributed by atoms with E-state index in [2.05, 4.69) is 10.00 Å². The van der Waals surface area contributed by atoms with Gasteiger partial charge in [-0.1, -0.05) is 35.3 Å². The van der Waals surface area contributed by atoms with Crippen LogP contribution in [0.1, 0.15) is 21.7 Å². The highest BCUT2D eigenvalue weighted by Crippen LogP contribution is 2.35. The Morgan fingerprint density at radius 1 is 1.19 bits per heavy atom. The van der Waals surface area contributed by atoms with Gasteiger partial charge >= 0.3 is 6.18 Å². The lowest BCUT2D eigenvalue weighted by atomic mass is 10.2. The summed E-state index contributed by atoms with van der Waals surface area (Å²) >= 11 is 11.8. The van der Waals surface area contributed by atoms with Crippen molar-refractivity contribution in [2.45, 2.75) is 12.7 Å². The zero-order valence-corrected chi connectivity index (χ0v) is 15.9. The number of alkyl halides is 3.